The molecule has 0 heterocycles. The summed E-state index contributed by atoms with van der Waals surface area (Å²) < 4.78 is 5.11. The van der Waals surface area contributed by atoms with Gasteiger partial charge in [-0.1, -0.05) is 30.3 Å². The second kappa shape index (κ2) is 8.20. The molecule has 0 saturated carbocycles. The fourth-order valence-electron chi connectivity index (χ4n) is 2.30. The first-order valence-electron chi connectivity index (χ1n) is 7.52. The predicted octanol–water partition coefficient (Wildman–Crippen LogP) is 1.74. The number of methoxy groups -OCH3 is 1. The van der Waals surface area contributed by atoms with Gasteiger partial charge in [-0.15, -0.1) is 0 Å². The number of carbonyl (C=O) groups is 1. The molecule has 22 heavy (non-hydrogen) atoms. The lowest BCUT2D eigenvalue weighted by Gasteiger charge is -2.17. The third kappa shape index (κ3) is 4.90. The SMILES string of the molecule is CC[NH+](CC(=O)Nc1ccc(OC)cc1)Cc1ccccc1. The first kappa shape index (κ1) is 16.0. The zero-order valence-electron chi connectivity index (χ0n) is 13.1. The van der Waals surface area contributed by atoms with Gasteiger partial charge in [0.2, 0.25) is 0 Å². The molecule has 0 spiro atoms. The van der Waals surface area contributed by atoms with Gasteiger partial charge in [0.15, 0.2) is 6.54 Å². The van der Waals surface area contributed by atoms with Crippen molar-refractivity contribution < 1.29 is 14.4 Å². The predicted molar refractivity (Wildman–Crippen MR) is 88.1 cm³/mol. The highest BCUT2D eigenvalue weighted by molar-refractivity contribution is 5.91. The Morgan fingerprint density at radius 1 is 1.09 bits per heavy atom. The standard InChI is InChI=1S/C18H22N2O2/c1-3-20(13-15-7-5-4-6-8-15)14-18(21)19-16-9-11-17(22-2)12-10-16/h4-12H,3,13-14H2,1-2H3,(H,19,21)/p+1. The van der Waals surface area contributed by atoms with Gasteiger partial charge in [0, 0.05) is 11.3 Å². The van der Waals surface area contributed by atoms with Gasteiger partial charge in [-0.2, -0.15) is 0 Å². The van der Waals surface area contributed by atoms with Crippen LogP contribution in [-0.4, -0.2) is 26.1 Å². The van der Waals surface area contributed by atoms with Gasteiger partial charge in [-0.05, 0) is 31.2 Å². The van der Waals surface area contributed by atoms with Gasteiger partial charge in [0.05, 0.1) is 13.7 Å². The monoisotopic (exact) mass is 299 g/mol. The molecule has 0 bridgehead atoms. The number of hydrogen-bond donors (Lipinski definition) is 2. The maximum Gasteiger partial charge on any atom is 0.279 e. The van der Waals surface area contributed by atoms with E-state index in [0.29, 0.717) is 6.54 Å². The van der Waals surface area contributed by atoms with E-state index in [1.165, 1.54) is 10.5 Å². The minimum Gasteiger partial charge on any atom is -0.497 e. The molecule has 0 radical (unpaired) electrons. The van der Waals surface area contributed by atoms with Gasteiger partial charge < -0.3 is 15.0 Å². The number of anilines is 1. The van der Waals surface area contributed by atoms with E-state index in [-0.39, 0.29) is 5.91 Å². The highest BCUT2D eigenvalue weighted by Gasteiger charge is 2.13. The van der Waals surface area contributed by atoms with Gasteiger partial charge in [0.1, 0.15) is 12.3 Å². The second-order valence-electron chi connectivity index (χ2n) is 5.22. The Hall–Kier alpha value is -2.33. The van der Waals surface area contributed by atoms with E-state index in [2.05, 4.69) is 24.4 Å². The molecule has 2 aromatic carbocycles. The van der Waals surface area contributed by atoms with Crippen LogP contribution in [0.2, 0.25) is 0 Å². The van der Waals surface area contributed by atoms with Gasteiger partial charge >= 0.3 is 0 Å². The molecule has 1 atom stereocenters. The molecular weight excluding hydrogens is 276 g/mol. The Kier molecular flexibility index (Phi) is 5.98. The second-order valence-corrected chi connectivity index (χ2v) is 5.22. The summed E-state index contributed by atoms with van der Waals surface area (Å²) >= 11 is 0. The smallest absolute Gasteiger partial charge is 0.279 e. The molecule has 0 aliphatic rings. The third-order valence-electron chi connectivity index (χ3n) is 3.58. The van der Waals surface area contributed by atoms with E-state index in [1.54, 1.807) is 7.11 Å². The van der Waals surface area contributed by atoms with Crippen molar-refractivity contribution >= 4 is 11.6 Å². The van der Waals surface area contributed by atoms with Crippen molar-refractivity contribution in [1.29, 1.82) is 0 Å². The molecule has 1 unspecified atom stereocenters. The van der Waals surface area contributed by atoms with Gasteiger partial charge in [-0.25, -0.2) is 0 Å². The molecule has 116 valence electrons. The van der Waals surface area contributed by atoms with Crippen LogP contribution in [0.15, 0.2) is 54.6 Å². The van der Waals surface area contributed by atoms with Gasteiger partial charge in [-0.3, -0.25) is 4.79 Å². The third-order valence-corrected chi connectivity index (χ3v) is 3.58. The van der Waals surface area contributed by atoms with Crippen LogP contribution in [0.25, 0.3) is 0 Å². The normalized spacial score (nSPS) is 11.7. The van der Waals surface area contributed by atoms with E-state index in [1.807, 2.05) is 42.5 Å². The fraction of sp³-hybridized carbons (Fsp3) is 0.278. The number of benzene rings is 2. The molecule has 0 aromatic heterocycles. The number of carbonyl (C=O) groups excluding carboxylic acids is 1. The van der Waals surface area contributed by atoms with Crippen molar-refractivity contribution in [1.82, 2.24) is 0 Å². The molecule has 0 aliphatic carbocycles. The lowest BCUT2D eigenvalue weighted by atomic mass is 10.2. The van der Waals surface area contributed by atoms with Crippen LogP contribution in [0.5, 0.6) is 5.75 Å². The molecule has 2 aromatic rings. The Balaban J connectivity index is 1.88. The average Bonchev–Trinajstić information content (AvgIpc) is 2.56. The zero-order valence-corrected chi connectivity index (χ0v) is 13.1. The van der Waals surface area contributed by atoms with Crippen LogP contribution in [0.3, 0.4) is 0 Å². The Bertz CT molecular complexity index is 582. The van der Waals surface area contributed by atoms with E-state index in [0.717, 1.165) is 24.5 Å². The number of likely N-dealkylation sites (N-methyl/N-ethyl adjacent to an activating group) is 1. The zero-order chi connectivity index (χ0) is 15.8. The van der Waals surface area contributed by atoms with Crippen LogP contribution >= 0.6 is 0 Å². The number of hydrogen-bond acceptors (Lipinski definition) is 2. The summed E-state index contributed by atoms with van der Waals surface area (Å²) in [6.45, 7) is 4.31. The summed E-state index contributed by atoms with van der Waals surface area (Å²) in [6, 6.07) is 17.6. The summed E-state index contributed by atoms with van der Waals surface area (Å²) in [5, 5.41) is 2.93. The molecule has 0 aliphatic heterocycles. The van der Waals surface area contributed by atoms with Crippen LogP contribution in [0.1, 0.15) is 12.5 Å². The first-order valence-corrected chi connectivity index (χ1v) is 7.52. The lowest BCUT2D eigenvalue weighted by Crippen LogP contribution is -3.11. The minimum absolute atomic E-state index is 0.0259. The molecule has 0 fully saturated rings. The van der Waals surface area contributed by atoms with E-state index in [4.69, 9.17) is 4.74 Å². The van der Waals surface area contributed by atoms with E-state index < -0.39 is 0 Å². The Morgan fingerprint density at radius 3 is 2.36 bits per heavy atom. The number of nitrogens with one attached hydrogen (secondary N) is 2. The lowest BCUT2D eigenvalue weighted by molar-refractivity contribution is -0.903. The van der Waals surface area contributed by atoms with Crippen molar-refractivity contribution in [3.63, 3.8) is 0 Å². The van der Waals surface area contributed by atoms with Crippen molar-refractivity contribution in [2.45, 2.75) is 13.5 Å². The largest absolute Gasteiger partial charge is 0.497 e. The number of rotatable bonds is 7. The van der Waals surface area contributed by atoms with Crippen LogP contribution in [0.4, 0.5) is 5.69 Å². The van der Waals surface area contributed by atoms with Crippen molar-refractivity contribution in [2.24, 2.45) is 0 Å². The molecule has 0 saturated heterocycles. The average molecular weight is 299 g/mol. The highest BCUT2D eigenvalue weighted by Crippen LogP contribution is 2.14. The minimum atomic E-state index is 0.0259. The maximum atomic E-state index is 12.2. The Labute approximate surface area is 131 Å². The molecule has 4 nitrogen and oxygen atoms in total. The summed E-state index contributed by atoms with van der Waals surface area (Å²) in [5.74, 6) is 0.806. The first-order chi connectivity index (χ1) is 10.7. The van der Waals surface area contributed by atoms with Crippen LogP contribution in [-0.2, 0) is 11.3 Å². The summed E-state index contributed by atoms with van der Waals surface area (Å²) in [7, 11) is 1.62. The molecule has 2 rings (SSSR count). The molecular formula is C18H23N2O2+. The quantitative estimate of drug-likeness (QED) is 0.818. The number of quaternary nitrogens is 1. The summed E-state index contributed by atoms with van der Waals surface area (Å²) in [6.07, 6.45) is 0. The highest BCUT2D eigenvalue weighted by atomic mass is 16.5. The summed E-state index contributed by atoms with van der Waals surface area (Å²) in [5.41, 5.74) is 2.04. The van der Waals surface area contributed by atoms with Crippen LogP contribution in [0, 0.1) is 0 Å². The topological polar surface area (TPSA) is 42.8 Å². The van der Waals surface area contributed by atoms with Crippen LogP contribution < -0.4 is 15.0 Å². The van der Waals surface area contributed by atoms with Crippen molar-refractivity contribution in [3.8, 4) is 5.75 Å². The molecule has 2 N–H and O–H groups in total. The number of ether oxygens (including phenoxy) is 1. The van der Waals surface area contributed by atoms with Crippen molar-refractivity contribution in [2.75, 3.05) is 25.5 Å². The van der Waals surface area contributed by atoms with Crippen molar-refractivity contribution in [3.05, 3.63) is 60.2 Å². The Morgan fingerprint density at radius 2 is 1.77 bits per heavy atom. The fourth-order valence-corrected chi connectivity index (χ4v) is 2.30. The van der Waals surface area contributed by atoms with E-state index >= 15 is 0 Å². The van der Waals surface area contributed by atoms with Gasteiger partial charge in [0.25, 0.3) is 5.91 Å². The number of amides is 1. The molecule has 1 amide bonds. The maximum absolute atomic E-state index is 12.2. The van der Waals surface area contributed by atoms with E-state index in [9.17, 15) is 4.79 Å². The molecule has 4 heteroatoms. The summed E-state index contributed by atoms with van der Waals surface area (Å²) in [4.78, 5) is 13.4.